The minimum absolute atomic E-state index is 0.568. The monoisotopic (exact) mass is 265 g/mol. The van der Waals surface area contributed by atoms with Crippen molar-refractivity contribution in [3.63, 3.8) is 0 Å². The van der Waals surface area contributed by atoms with E-state index in [1.807, 2.05) is 0 Å². The zero-order chi connectivity index (χ0) is 13.2. The fourth-order valence-corrected chi connectivity index (χ4v) is 1.39. The molecule has 0 radical (unpaired) electrons. The molecule has 0 saturated carbocycles. The summed E-state index contributed by atoms with van der Waals surface area (Å²) in [7, 11) is -4.72. The topological polar surface area (TPSA) is 156 Å². The van der Waals surface area contributed by atoms with Crippen LogP contribution in [0.25, 0.3) is 0 Å². The van der Waals surface area contributed by atoms with Gasteiger partial charge in [-0.05, 0) is 6.07 Å². The zero-order valence-corrected chi connectivity index (χ0v) is 8.85. The van der Waals surface area contributed by atoms with Gasteiger partial charge in [0.25, 0.3) is 11.4 Å². The molecule has 1 aromatic rings. The average molecular weight is 265 g/mol. The standard InChI is InChI=1S/C6H6N2O8P/c9-7(10)4-1-2-6(16-17(13,14)15)5(3-4)8(11)12/h1-3,13-15H/q+1. The van der Waals surface area contributed by atoms with Crippen molar-refractivity contribution in [2.24, 2.45) is 0 Å². The van der Waals surface area contributed by atoms with Crippen LogP contribution in [-0.4, -0.2) is 24.5 Å². The molecular weight excluding hydrogens is 259 g/mol. The highest BCUT2D eigenvalue weighted by molar-refractivity contribution is 7.53. The van der Waals surface area contributed by atoms with E-state index in [2.05, 4.69) is 4.52 Å². The van der Waals surface area contributed by atoms with E-state index in [0.717, 1.165) is 12.1 Å². The first-order valence-corrected chi connectivity index (χ1v) is 5.47. The summed E-state index contributed by atoms with van der Waals surface area (Å²) in [6.07, 6.45) is 0. The maximum absolute atomic E-state index is 10.6. The summed E-state index contributed by atoms with van der Waals surface area (Å²) in [6, 6.07) is 2.22. The molecule has 0 aliphatic carbocycles. The van der Waals surface area contributed by atoms with Crippen LogP contribution in [0.2, 0.25) is 0 Å². The van der Waals surface area contributed by atoms with Crippen LogP contribution < -0.4 is 4.52 Å². The van der Waals surface area contributed by atoms with Crippen molar-refractivity contribution in [2.75, 3.05) is 0 Å². The molecule has 0 saturated heterocycles. The third-order valence-corrected chi connectivity index (χ3v) is 2.01. The second kappa shape index (κ2) is 4.55. The van der Waals surface area contributed by atoms with E-state index in [-0.39, 0.29) is 0 Å². The smallest absolute Gasteiger partial charge is 0.258 e. The van der Waals surface area contributed by atoms with Gasteiger partial charge < -0.3 is 0 Å². The lowest BCUT2D eigenvalue weighted by atomic mass is 10.2. The van der Waals surface area contributed by atoms with Gasteiger partial charge in [0.15, 0.2) is 0 Å². The number of nitro benzene ring substituents is 2. The Balaban J connectivity index is 3.23. The third kappa shape index (κ3) is 3.57. The molecule has 0 aliphatic heterocycles. The molecule has 0 unspecified atom stereocenters. The maximum Gasteiger partial charge on any atom is 0.614 e. The highest BCUT2D eigenvalue weighted by Gasteiger charge is 2.38. The third-order valence-electron chi connectivity index (χ3n) is 1.57. The van der Waals surface area contributed by atoms with Crippen LogP contribution in [0.4, 0.5) is 11.4 Å². The molecule has 0 bridgehead atoms. The molecule has 1 rings (SSSR count). The quantitative estimate of drug-likeness (QED) is 0.404. The molecule has 0 spiro atoms. The molecule has 10 nitrogen and oxygen atoms in total. The number of nitro groups is 2. The Labute approximate surface area is 93.7 Å². The average Bonchev–Trinajstić information content (AvgIpc) is 2.14. The van der Waals surface area contributed by atoms with Crippen LogP contribution in [0.3, 0.4) is 0 Å². The van der Waals surface area contributed by atoms with E-state index < -0.39 is 35.1 Å². The minimum atomic E-state index is -4.72. The summed E-state index contributed by atoms with van der Waals surface area (Å²) in [5.41, 5.74) is -1.43. The molecule has 0 amide bonds. The van der Waals surface area contributed by atoms with Crippen LogP contribution in [-0.2, 0) is 0 Å². The summed E-state index contributed by atoms with van der Waals surface area (Å²) in [4.78, 5) is 44.8. The Hall–Kier alpha value is -1.87. The number of hydrogen-bond donors (Lipinski definition) is 3. The molecular formula is C6H6N2O8P+. The Morgan fingerprint density at radius 2 is 1.71 bits per heavy atom. The second-order valence-corrected chi connectivity index (χ2v) is 3.98. The Kier molecular flexibility index (Phi) is 3.53. The molecule has 0 aromatic heterocycles. The largest absolute Gasteiger partial charge is 0.614 e. The van der Waals surface area contributed by atoms with Gasteiger partial charge in [0, 0.05) is 6.07 Å². The minimum Gasteiger partial charge on any atom is -0.258 e. The van der Waals surface area contributed by atoms with Crippen LogP contribution >= 0.6 is 8.17 Å². The van der Waals surface area contributed by atoms with Gasteiger partial charge in [0.1, 0.15) is 0 Å². The molecule has 1 aromatic carbocycles. The molecule has 0 aliphatic rings. The van der Waals surface area contributed by atoms with Crippen molar-refractivity contribution < 1.29 is 29.1 Å². The molecule has 0 heterocycles. The summed E-state index contributed by atoms with van der Waals surface area (Å²) < 4.78 is 4.14. The zero-order valence-electron chi connectivity index (χ0n) is 7.96. The molecule has 0 atom stereocenters. The SMILES string of the molecule is O=[N+]([O-])c1ccc(O[P+](O)(O)O)c([N+](=O)[O-])c1. The van der Waals surface area contributed by atoms with Crippen molar-refractivity contribution >= 4 is 19.5 Å². The molecule has 0 fully saturated rings. The lowest BCUT2D eigenvalue weighted by molar-refractivity contribution is -0.394. The first-order chi connectivity index (χ1) is 7.70. The van der Waals surface area contributed by atoms with Crippen molar-refractivity contribution in [3.8, 4) is 5.75 Å². The number of nitrogens with zero attached hydrogens (tertiary/aromatic N) is 2. The fourth-order valence-electron chi connectivity index (χ4n) is 0.971. The first-order valence-electron chi connectivity index (χ1n) is 3.90. The number of rotatable bonds is 4. The van der Waals surface area contributed by atoms with Gasteiger partial charge in [-0.3, -0.25) is 24.8 Å². The summed E-state index contributed by atoms with van der Waals surface area (Å²) >= 11 is 0. The van der Waals surface area contributed by atoms with E-state index >= 15 is 0 Å². The Morgan fingerprint density at radius 3 is 2.12 bits per heavy atom. The van der Waals surface area contributed by atoms with Gasteiger partial charge in [-0.25, -0.2) is 0 Å². The second-order valence-electron chi connectivity index (χ2n) is 2.77. The highest BCUT2D eigenvalue weighted by Crippen LogP contribution is 2.48. The van der Waals surface area contributed by atoms with Gasteiger partial charge in [0.05, 0.1) is 15.9 Å². The van der Waals surface area contributed by atoms with Gasteiger partial charge in [-0.1, -0.05) is 0 Å². The number of benzene rings is 1. The summed E-state index contributed by atoms with van der Waals surface area (Å²) in [5.74, 6) is -0.679. The predicted octanol–water partition coefficient (Wildman–Crippen LogP) is 0.536. The van der Waals surface area contributed by atoms with Gasteiger partial charge >= 0.3 is 13.9 Å². The number of hydrogen-bond acceptors (Lipinski definition) is 8. The normalized spacial score (nSPS) is 11.0. The van der Waals surface area contributed by atoms with E-state index in [1.54, 1.807) is 0 Å². The van der Waals surface area contributed by atoms with Crippen LogP contribution in [0.15, 0.2) is 18.2 Å². The lowest BCUT2D eigenvalue weighted by Crippen LogP contribution is -2.01. The van der Waals surface area contributed by atoms with Gasteiger partial charge in [0.2, 0.25) is 0 Å². The van der Waals surface area contributed by atoms with Crippen molar-refractivity contribution in [1.29, 1.82) is 0 Å². The lowest BCUT2D eigenvalue weighted by Gasteiger charge is -2.03. The Morgan fingerprint density at radius 1 is 1.12 bits per heavy atom. The van der Waals surface area contributed by atoms with Crippen molar-refractivity contribution in [1.82, 2.24) is 0 Å². The molecule has 17 heavy (non-hydrogen) atoms. The predicted molar refractivity (Wildman–Crippen MR) is 54.0 cm³/mol. The van der Waals surface area contributed by atoms with Crippen LogP contribution in [0, 0.1) is 20.2 Å². The van der Waals surface area contributed by atoms with Crippen molar-refractivity contribution in [3.05, 3.63) is 38.4 Å². The van der Waals surface area contributed by atoms with Crippen LogP contribution in [0.1, 0.15) is 0 Å². The van der Waals surface area contributed by atoms with E-state index in [9.17, 15) is 20.2 Å². The highest BCUT2D eigenvalue weighted by atomic mass is 31.2. The first kappa shape index (κ1) is 13.2. The van der Waals surface area contributed by atoms with Gasteiger partial charge in [-0.2, -0.15) is 14.7 Å². The fraction of sp³-hybridized carbons (Fsp3) is 0. The Bertz CT molecular complexity index is 470. The van der Waals surface area contributed by atoms with E-state index in [4.69, 9.17) is 14.7 Å². The summed E-state index contributed by atoms with van der Waals surface area (Å²) in [5, 5.41) is 20.9. The molecule has 92 valence electrons. The van der Waals surface area contributed by atoms with E-state index in [0.29, 0.717) is 6.07 Å². The molecule has 11 heteroatoms. The van der Waals surface area contributed by atoms with E-state index in [1.165, 1.54) is 0 Å². The van der Waals surface area contributed by atoms with Crippen molar-refractivity contribution in [2.45, 2.75) is 0 Å². The molecule has 3 N–H and O–H groups in total. The van der Waals surface area contributed by atoms with Crippen LogP contribution in [0.5, 0.6) is 5.75 Å². The van der Waals surface area contributed by atoms with Gasteiger partial charge in [-0.15, -0.1) is 0 Å². The summed E-state index contributed by atoms with van der Waals surface area (Å²) in [6.45, 7) is 0. The maximum atomic E-state index is 10.6. The number of non-ortho nitro benzene ring substituents is 1.